The van der Waals surface area contributed by atoms with Crippen LogP contribution in [0.1, 0.15) is 19.3 Å². The summed E-state index contributed by atoms with van der Waals surface area (Å²) in [5.41, 5.74) is 9.47. The molecule has 1 aliphatic heterocycles. The van der Waals surface area contributed by atoms with Gasteiger partial charge in [0.05, 0.1) is 0 Å². The fourth-order valence-corrected chi connectivity index (χ4v) is 3.79. The van der Waals surface area contributed by atoms with Gasteiger partial charge in [-0.25, -0.2) is 9.37 Å². The first kappa shape index (κ1) is 19.3. The van der Waals surface area contributed by atoms with Crippen molar-refractivity contribution in [3.05, 3.63) is 60.5 Å². The van der Waals surface area contributed by atoms with Crippen LogP contribution in [0.15, 0.2) is 54.7 Å². The van der Waals surface area contributed by atoms with Gasteiger partial charge in [-0.1, -0.05) is 30.3 Å². The van der Waals surface area contributed by atoms with E-state index in [-0.39, 0.29) is 11.8 Å². The molecule has 150 valence electrons. The van der Waals surface area contributed by atoms with Crippen molar-refractivity contribution in [2.45, 2.75) is 19.3 Å². The lowest BCUT2D eigenvalue weighted by molar-refractivity contribution is 0.337. The summed E-state index contributed by atoms with van der Waals surface area (Å²) in [7, 11) is 0. The molecular weight excluding hydrogens is 365 g/mol. The lowest BCUT2D eigenvalue weighted by Gasteiger charge is -2.16. The zero-order chi connectivity index (χ0) is 20.1. The molecule has 1 aliphatic rings. The van der Waals surface area contributed by atoms with Gasteiger partial charge in [-0.05, 0) is 73.8 Å². The van der Waals surface area contributed by atoms with Crippen molar-refractivity contribution >= 4 is 11.8 Å². The Hall–Kier alpha value is -2.99. The first-order valence-electron chi connectivity index (χ1n) is 10.1. The Bertz CT molecular complexity index is 969. The number of anilines is 2. The number of rotatable bonds is 7. The largest absolute Gasteiger partial charge is 0.369 e. The molecule has 0 aliphatic carbocycles. The van der Waals surface area contributed by atoms with Crippen LogP contribution in [0.3, 0.4) is 0 Å². The smallest absolute Gasteiger partial charge is 0.221 e. The van der Waals surface area contributed by atoms with Crippen LogP contribution in [0.4, 0.5) is 16.2 Å². The summed E-state index contributed by atoms with van der Waals surface area (Å²) in [6, 6.07) is 14.6. The summed E-state index contributed by atoms with van der Waals surface area (Å²) in [5, 5.41) is 3.43. The van der Waals surface area contributed by atoms with Crippen LogP contribution >= 0.6 is 0 Å². The van der Waals surface area contributed by atoms with Gasteiger partial charge in [-0.15, -0.1) is 0 Å². The number of hydrogen-bond donors (Lipinski definition) is 2. The number of benzene rings is 2. The Labute approximate surface area is 170 Å². The molecule has 0 atom stereocenters. The molecule has 5 nitrogen and oxygen atoms in total. The van der Waals surface area contributed by atoms with Gasteiger partial charge in [-0.2, -0.15) is 4.98 Å². The highest BCUT2D eigenvalue weighted by molar-refractivity contribution is 5.79. The summed E-state index contributed by atoms with van der Waals surface area (Å²) in [4.78, 5) is 11.1. The molecule has 3 N–H and O–H groups in total. The van der Waals surface area contributed by atoms with Crippen LogP contribution in [0, 0.1) is 5.82 Å². The molecular formula is C23H26FN5. The van der Waals surface area contributed by atoms with E-state index >= 15 is 0 Å². The van der Waals surface area contributed by atoms with Crippen molar-refractivity contribution in [3.63, 3.8) is 0 Å². The first-order valence-corrected chi connectivity index (χ1v) is 10.1. The number of aromatic nitrogens is 2. The number of nitrogens with one attached hydrogen (secondary N) is 1. The highest BCUT2D eigenvalue weighted by Crippen LogP contribution is 2.30. The van der Waals surface area contributed by atoms with Crippen molar-refractivity contribution in [1.29, 1.82) is 0 Å². The van der Waals surface area contributed by atoms with E-state index in [1.807, 2.05) is 30.3 Å². The number of nitrogen functional groups attached to an aromatic ring is 1. The fourth-order valence-electron chi connectivity index (χ4n) is 3.79. The summed E-state index contributed by atoms with van der Waals surface area (Å²) >= 11 is 0. The monoisotopic (exact) mass is 391 g/mol. The molecule has 4 rings (SSSR count). The van der Waals surface area contributed by atoms with Crippen molar-refractivity contribution < 1.29 is 4.39 Å². The summed E-state index contributed by atoms with van der Waals surface area (Å²) in [5.74, 6) is 0.733. The zero-order valence-corrected chi connectivity index (χ0v) is 16.4. The minimum Gasteiger partial charge on any atom is -0.369 e. The van der Waals surface area contributed by atoms with Gasteiger partial charge in [0.1, 0.15) is 11.6 Å². The fraction of sp³-hybridized carbons (Fsp3) is 0.304. The summed E-state index contributed by atoms with van der Waals surface area (Å²) in [6.45, 7) is 4.33. The van der Waals surface area contributed by atoms with Crippen molar-refractivity contribution in [1.82, 2.24) is 14.9 Å². The molecule has 2 heterocycles. The summed E-state index contributed by atoms with van der Waals surface area (Å²) < 4.78 is 13.6. The maximum Gasteiger partial charge on any atom is 0.221 e. The Balaban J connectivity index is 1.52. The number of halogens is 1. The number of nitrogens with zero attached hydrogens (tertiary/aromatic N) is 3. The van der Waals surface area contributed by atoms with Crippen LogP contribution < -0.4 is 11.1 Å². The third kappa shape index (κ3) is 4.90. The Morgan fingerprint density at radius 1 is 1.00 bits per heavy atom. The number of hydrogen-bond acceptors (Lipinski definition) is 5. The second-order valence-electron chi connectivity index (χ2n) is 7.41. The quantitative estimate of drug-likeness (QED) is 0.583. The van der Waals surface area contributed by atoms with Gasteiger partial charge in [-0.3, -0.25) is 0 Å². The molecule has 0 amide bonds. The molecule has 2 aromatic carbocycles. The lowest BCUT2D eigenvalue weighted by atomic mass is 10.00. The molecule has 0 radical (unpaired) electrons. The number of nitrogens with two attached hydrogens (primary N) is 1. The van der Waals surface area contributed by atoms with Gasteiger partial charge in [0.15, 0.2) is 0 Å². The van der Waals surface area contributed by atoms with Crippen LogP contribution in [-0.2, 0) is 0 Å². The van der Waals surface area contributed by atoms with Gasteiger partial charge in [0.2, 0.25) is 5.95 Å². The molecule has 1 saturated heterocycles. The van der Waals surface area contributed by atoms with Crippen LogP contribution in [0.5, 0.6) is 0 Å². The minimum atomic E-state index is -0.246. The highest BCUT2D eigenvalue weighted by Gasteiger charge is 2.12. The second kappa shape index (κ2) is 9.01. The second-order valence-corrected chi connectivity index (χ2v) is 7.41. The predicted octanol–water partition coefficient (Wildman–Crippen LogP) is 4.43. The van der Waals surface area contributed by atoms with E-state index in [1.54, 1.807) is 12.3 Å². The standard InChI is InChI=1S/C23H26FN5/c24-20-9-4-7-18(15-20)17-6-3-8-19(14-17)21-16-27-23(25)28-22(21)26-10-5-13-29-11-1-2-12-29/h3-4,6-9,14-16H,1-2,5,10-13H2,(H3,25,26,27,28). The molecule has 1 fully saturated rings. The average Bonchev–Trinajstić information content (AvgIpc) is 3.25. The molecule has 3 aromatic rings. The Morgan fingerprint density at radius 2 is 1.72 bits per heavy atom. The van der Waals surface area contributed by atoms with Crippen LogP contribution in [-0.4, -0.2) is 41.0 Å². The molecule has 0 saturated carbocycles. The molecule has 0 unspecified atom stereocenters. The average molecular weight is 391 g/mol. The molecule has 29 heavy (non-hydrogen) atoms. The Kier molecular flexibility index (Phi) is 6.00. The molecule has 0 bridgehead atoms. The van der Waals surface area contributed by atoms with Gasteiger partial charge >= 0.3 is 0 Å². The van der Waals surface area contributed by atoms with Gasteiger partial charge < -0.3 is 16.0 Å². The van der Waals surface area contributed by atoms with E-state index in [9.17, 15) is 4.39 Å². The Morgan fingerprint density at radius 3 is 2.52 bits per heavy atom. The van der Waals surface area contributed by atoms with Gasteiger partial charge in [0, 0.05) is 18.3 Å². The zero-order valence-electron chi connectivity index (χ0n) is 16.4. The lowest BCUT2D eigenvalue weighted by Crippen LogP contribution is -2.22. The SMILES string of the molecule is Nc1ncc(-c2cccc(-c3cccc(F)c3)c2)c(NCCCN2CCCC2)n1. The van der Waals surface area contributed by atoms with Crippen molar-refractivity contribution in [2.24, 2.45) is 0 Å². The predicted molar refractivity (Wildman–Crippen MR) is 116 cm³/mol. The molecule has 1 aromatic heterocycles. The van der Waals surface area contributed by atoms with E-state index in [2.05, 4.69) is 20.2 Å². The van der Waals surface area contributed by atoms with Gasteiger partial charge in [0.25, 0.3) is 0 Å². The number of likely N-dealkylation sites (tertiary alicyclic amines) is 1. The maximum absolute atomic E-state index is 13.6. The van der Waals surface area contributed by atoms with Crippen LogP contribution in [0.2, 0.25) is 0 Å². The third-order valence-electron chi connectivity index (χ3n) is 5.28. The van der Waals surface area contributed by atoms with E-state index in [4.69, 9.17) is 5.73 Å². The summed E-state index contributed by atoms with van der Waals surface area (Å²) in [6.07, 6.45) is 5.41. The molecule has 0 spiro atoms. The van der Waals surface area contributed by atoms with E-state index < -0.39 is 0 Å². The maximum atomic E-state index is 13.6. The third-order valence-corrected chi connectivity index (χ3v) is 5.28. The van der Waals surface area contributed by atoms with Crippen LogP contribution in [0.25, 0.3) is 22.3 Å². The normalized spacial score (nSPS) is 14.2. The van der Waals surface area contributed by atoms with E-state index in [1.165, 1.54) is 38.1 Å². The van der Waals surface area contributed by atoms with E-state index in [0.29, 0.717) is 0 Å². The highest BCUT2D eigenvalue weighted by atomic mass is 19.1. The minimum absolute atomic E-state index is 0.246. The first-order chi connectivity index (χ1) is 14.2. The molecule has 6 heteroatoms. The van der Waals surface area contributed by atoms with Crippen molar-refractivity contribution in [3.8, 4) is 22.3 Å². The van der Waals surface area contributed by atoms with Crippen molar-refractivity contribution in [2.75, 3.05) is 37.2 Å². The topological polar surface area (TPSA) is 67.1 Å². The van der Waals surface area contributed by atoms with E-state index in [0.717, 1.165) is 47.6 Å².